The first-order valence-electron chi connectivity index (χ1n) is 8.96. The number of hydrogen-bond donors (Lipinski definition) is 1. The molecule has 0 aliphatic heterocycles. The standard InChI is InChI=1S/C22H22N2O3S/c1-14-12-20(24-19-7-5-4-6-18(14)19)28-15(2)21(25)23-13-16-8-10-17(11-9-16)22(26)27-3/h4-12,15H,13H2,1-3H3,(H,23,25). The summed E-state index contributed by atoms with van der Waals surface area (Å²) >= 11 is 1.44. The number of ether oxygens (including phenoxy) is 1. The van der Waals surface area contributed by atoms with Crippen LogP contribution in [0.1, 0.15) is 28.4 Å². The van der Waals surface area contributed by atoms with Crippen LogP contribution in [0.15, 0.2) is 59.6 Å². The second-order valence-electron chi connectivity index (χ2n) is 6.46. The van der Waals surface area contributed by atoms with E-state index in [9.17, 15) is 9.59 Å². The average molecular weight is 394 g/mol. The summed E-state index contributed by atoms with van der Waals surface area (Å²) < 4.78 is 4.68. The number of amides is 1. The zero-order valence-corrected chi connectivity index (χ0v) is 16.9. The molecule has 0 saturated carbocycles. The van der Waals surface area contributed by atoms with Gasteiger partial charge in [0.15, 0.2) is 0 Å². The first kappa shape index (κ1) is 19.9. The van der Waals surface area contributed by atoms with Gasteiger partial charge in [0.05, 0.1) is 28.5 Å². The van der Waals surface area contributed by atoms with Crippen molar-refractivity contribution in [2.45, 2.75) is 30.7 Å². The smallest absolute Gasteiger partial charge is 0.337 e. The summed E-state index contributed by atoms with van der Waals surface area (Å²) in [5, 5.41) is 4.61. The highest BCUT2D eigenvalue weighted by molar-refractivity contribution is 8.00. The summed E-state index contributed by atoms with van der Waals surface area (Å²) in [6.45, 7) is 4.32. The van der Waals surface area contributed by atoms with E-state index in [4.69, 9.17) is 0 Å². The van der Waals surface area contributed by atoms with Crippen LogP contribution >= 0.6 is 11.8 Å². The maximum absolute atomic E-state index is 12.5. The maximum Gasteiger partial charge on any atom is 0.337 e. The number of carbonyl (C=O) groups is 2. The number of nitrogens with one attached hydrogen (secondary N) is 1. The van der Waals surface area contributed by atoms with E-state index in [-0.39, 0.29) is 17.1 Å². The number of thioether (sulfide) groups is 1. The molecule has 3 rings (SSSR count). The lowest BCUT2D eigenvalue weighted by Gasteiger charge is -2.13. The van der Waals surface area contributed by atoms with Gasteiger partial charge < -0.3 is 10.1 Å². The Morgan fingerprint density at radius 1 is 1.14 bits per heavy atom. The van der Waals surface area contributed by atoms with Crippen LogP contribution in [0.3, 0.4) is 0 Å². The molecule has 0 saturated heterocycles. The molecule has 0 radical (unpaired) electrons. The Morgan fingerprint density at radius 2 is 1.86 bits per heavy atom. The number of fused-ring (bicyclic) bond motifs is 1. The zero-order valence-electron chi connectivity index (χ0n) is 16.1. The molecule has 28 heavy (non-hydrogen) atoms. The van der Waals surface area contributed by atoms with E-state index >= 15 is 0 Å². The number of benzene rings is 2. The van der Waals surface area contributed by atoms with Crippen LogP contribution in [0.2, 0.25) is 0 Å². The third-order valence-corrected chi connectivity index (χ3v) is 5.43. The first-order valence-corrected chi connectivity index (χ1v) is 9.84. The Morgan fingerprint density at radius 3 is 2.57 bits per heavy atom. The first-order chi connectivity index (χ1) is 13.5. The van der Waals surface area contributed by atoms with Gasteiger partial charge in [-0.15, -0.1) is 0 Å². The fraction of sp³-hybridized carbons (Fsp3) is 0.227. The van der Waals surface area contributed by atoms with Gasteiger partial charge in [-0.25, -0.2) is 9.78 Å². The van der Waals surface area contributed by atoms with Crippen molar-refractivity contribution in [1.29, 1.82) is 0 Å². The van der Waals surface area contributed by atoms with Crippen molar-refractivity contribution in [3.63, 3.8) is 0 Å². The molecule has 144 valence electrons. The number of pyridine rings is 1. The van der Waals surface area contributed by atoms with Gasteiger partial charge >= 0.3 is 5.97 Å². The van der Waals surface area contributed by atoms with E-state index in [0.29, 0.717) is 12.1 Å². The number of hydrogen-bond acceptors (Lipinski definition) is 5. The average Bonchev–Trinajstić information content (AvgIpc) is 2.71. The number of aromatic nitrogens is 1. The van der Waals surface area contributed by atoms with Gasteiger partial charge in [0, 0.05) is 11.9 Å². The molecule has 1 aromatic heterocycles. The van der Waals surface area contributed by atoms with E-state index < -0.39 is 0 Å². The van der Waals surface area contributed by atoms with Crippen molar-refractivity contribution in [3.8, 4) is 0 Å². The van der Waals surface area contributed by atoms with Crippen molar-refractivity contribution < 1.29 is 14.3 Å². The van der Waals surface area contributed by atoms with Crippen LogP contribution in [0.25, 0.3) is 10.9 Å². The van der Waals surface area contributed by atoms with Crippen LogP contribution in [0, 0.1) is 6.92 Å². The maximum atomic E-state index is 12.5. The molecule has 3 aromatic rings. The molecule has 6 heteroatoms. The summed E-state index contributed by atoms with van der Waals surface area (Å²) in [5.41, 5.74) is 3.48. The van der Waals surface area contributed by atoms with Gasteiger partial charge in [-0.05, 0) is 49.2 Å². The quantitative estimate of drug-likeness (QED) is 0.503. The molecule has 5 nitrogen and oxygen atoms in total. The second kappa shape index (κ2) is 8.89. The summed E-state index contributed by atoms with van der Waals surface area (Å²) in [6, 6.07) is 17.0. The van der Waals surface area contributed by atoms with Gasteiger partial charge in [0.1, 0.15) is 0 Å². The van der Waals surface area contributed by atoms with Crippen molar-refractivity contribution in [2.24, 2.45) is 0 Å². The normalized spacial score (nSPS) is 11.8. The summed E-state index contributed by atoms with van der Waals surface area (Å²) in [4.78, 5) is 28.6. The van der Waals surface area contributed by atoms with Crippen molar-refractivity contribution in [3.05, 3.63) is 71.3 Å². The summed E-state index contributed by atoms with van der Waals surface area (Å²) in [7, 11) is 1.35. The Bertz CT molecular complexity index is 1000. The Balaban J connectivity index is 1.59. The fourth-order valence-corrected chi connectivity index (χ4v) is 3.77. The van der Waals surface area contributed by atoms with Gasteiger partial charge in [0.25, 0.3) is 0 Å². The second-order valence-corrected chi connectivity index (χ2v) is 7.82. The Labute approximate surface area is 168 Å². The minimum atomic E-state index is -0.376. The van der Waals surface area contributed by atoms with Gasteiger partial charge in [0.2, 0.25) is 5.91 Å². The van der Waals surface area contributed by atoms with Crippen LogP contribution < -0.4 is 5.32 Å². The Hall–Kier alpha value is -2.86. The summed E-state index contributed by atoms with van der Waals surface area (Å²) in [6.07, 6.45) is 0. The molecule has 0 aliphatic carbocycles. The number of methoxy groups -OCH3 is 1. The molecule has 1 unspecified atom stereocenters. The minimum Gasteiger partial charge on any atom is -0.465 e. The topological polar surface area (TPSA) is 68.3 Å². The highest BCUT2D eigenvalue weighted by Gasteiger charge is 2.16. The van der Waals surface area contributed by atoms with Crippen molar-refractivity contribution in [1.82, 2.24) is 10.3 Å². The zero-order chi connectivity index (χ0) is 20.1. The van der Waals surface area contributed by atoms with Crippen LogP contribution in [-0.4, -0.2) is 29.2 Å². The van der Waals surface area contributed by atoms with E-state index in [1.165, 1.54) is 18.9 Å². The molecule has 0 fully saturated rings. The molecule has 2 aromatic carbocycles. The van der Waals surface area contributed by atoms with E-state index in [2.05, 4.69) is 22.0 Å². The third kappa shape index (κ3) is 4.70. The number of rotatable bonds is 6. The number of carbonyl (C=O) groups excluding carboxylic acids is 2. The number of para-hydroxylation sites is 1. The van der Waals surface area contributed by atoms with Gasteiger partial charge in [-0.2, -0.15) is 0 Å². The lowest BCUT2D eigenvalue weighted by atomic mass is 10.1. The number of esters is 1. The molecule has 0 bridgehead atoms. The highest BCUT2D eigenvalue weighted by Crippen LogP contribution is 2.26. The lowest BCUT2D eigenvalue weighted by molar-refractivity contribution is -0.120. The van der Waals surface area contributed by atoms with Gasteiger partial charge in [-0.3, -0.25) is 4.79 Å². The van der Waals surface area contributed by atoms with Crippen LogP contribution in [0.4, 0.5) is 0 Å². The number of nitrogens with zero attached hydrogens (tertiary/aromatic N) is 1. The molecule has 1 amide bonds. The third-order valence-electron chi connectivity index (χ3n) is 4.41. The predicted octanol–water partition coefficient (Wildman–Crippen LogP) is 4.13. The van der Waals surface area contributed by atoms with Gasteiger partial charge in [-0.1, -0.05) is 42.1 Å². The Kier molecular flexibility index (Phi) is 6.31. The molecule has 1 atom stereocenters. The monoisotopic (exact) mass is 394 g/mol. The molecular weight excluding hydrogens is 372 g/mol. The lowest BCUT2D eigenvalue weighted by Crippen LogP contribution is -2.30. The molecule has 1 heterocycles. The predicted molar refractivity (Wildman–Crippen MR) is 111 cm³/mol. The molecule has 0 spiro atoms. The fourth-order valence-electron chi connectivity index (χ4n) is 2.82. The van der Waals surface area contributed by atoms with Crippen LogP contribution in [-0.2, 0) is 16.1 Å². The van der Waals surface area contributed by atoms with Crippen molar-refractivity contribution >= 4 is 34.5 Å². The number of aryl methyl sites for hydroxylation is 1. The largest absolute Gasteiger partial charge is 0.465 e. The van der Waals surface area contributed by atoms with Crippen LogP contribution in [0.5, 0.6) is 0 Å². The van der Waals surface area contributed by atoms with E-state index in [1.54, 1.807) is 24.3 Å². The minimum absolute atomic E-state index is 0.0605. The molecular formula is C22H22N2O3S. The van der Waals surface area contributed by atoms with Crippen molar-refractivity contribution in [2.75, 3.05) is 7.11 Å². The summed E-state index contributed by atoms with van der Waals surface area (Å²) in [5.74, 6) is -0.437. The molecule has 1 N–H and O–H groups in total. The van der Waals surface area contributed by atoms with E-state index in [0.717, 1.165) is 27.1 Å². The molecule has 0 aliphatic rings. The highest BCUT2D eigenvalue weighted by atomic mass is 32.2. The SMILES string of the molecule is COC(=O)c1ccc(CNC(=O)C(C)Sc2cc(C)c3ccccc3n2)cc1. The van der Waals surface area contributed by atoms with E-state index in [1.807, 2.05) is 37.3 Å².